The number of fused-ring (bicyclic) bond motifs is 4. The molecule has 2 nitrogen and oxygen atoms in total. The van der Waals surface area contributed by atoms with Gasteiger partial charge in [-0.15, -0.1) is 0 Å². The first-order valence-corrected chi connectivity index (χ1v) is 19.1. The predicted octanol–water partition coefficient (Wildman–Crippen LogP) is 14.6. The van der Waals surface area contributed by atoms with Crippen molar-refractivity contribution >= 4 is 38.3 Å². The molecule has 0 aliphatic rings. The van der Waals surface area contributed by atoms with E-state index in [1.165, 1.54) is 77.2 Å². The Morgan fingerprint density at radius 2 is 1.04 bits per heavy atom. The van der Waals surface area contributed by atoms with Gasteiger partial charge in [0.1, 0.15) is 0 Å². The predicted molar refractivity (Wildman–Crippen MR) is 240 cm³/mol. The van der Waals surface area contributed by atoms with Crippen molar-refractivity contribution < 1.29 is 0 Å². The smallest absolute Gasteiger partial charge is 0.0541 e. The van der Waals surface area contributed by atoms with E-state index in [4.69, 9.17) is 0 Å². The second-order valence-electron chi connectivity index (χ2n) is 14.0. The lowest BCUT2D eigenvalue weighted by molar-refractivity contribution is 1.20. The van der Waals surface area contributed by atoms with E-state index in [1.807, 2.05) is 31.2 Å². The van der Waals surface area contributed by atoms with Gasteiger partial charge in [-0.1, -0.05) is 175 Å². The highest BCUT2D eigenvalue weighted by atomic mass is 15.0. The molecule has 1 heterocycles. The fraction of sp³-hybridized carbons (Fsp3) is 0.0943. The Balaban J connectivity index is 0.000000189. The van der Waals surface area contributed by atoms with Crippen LogP contribution in [0.15, 0.2) is 200 Å². The number of hydrogen-bond acceptors (Lipinski definition) is 1. The third-order valence-electron chi connectivity index (χ3n) is 9.85. The van der Waals surface area contributed by atoms with Crippen LogP contribution in [0.3, 0.4) is 0 Å². The van der Waals surface area contributed by atoms with Gasteiger partial charge in [0.25, 0.3) is 0 Å². The van der Waals surface area contributed by atoms with E-state index in [0.717, 1.165) is 12.2 Å². The Hall–Kier alpha value is -6.64. The highest BCUT2D eigenvalue weighted by Gasteiger charge is 2.15. The molecule has 0 aliphatic carbocycles. The molecule has 0 radical (unpaired) electrons. The molecule has 0 aliphatic heterocycles. The Labute approximate surface area is 326 Å². The molecule has 0 saturated carbocycles. The number of nitrogens with zero attached hydrogens (tertiary/aromatic N) is 1. The maximum absolute atomic E-state index is 3.52. The molecule has 9 rings (SSSR count). The van der Waals surface area contributed by atoms with Crippen LogP contribution in [0.4, 0.5) is 5.69 Å². The molecule has 2 heteroatoms. The molecule has 0 spiro atoms. The van der Waals surface area contributed by atoms with E-state index < -0.39 is 0 Å². The molecule has 0 atom stereocenters. The maximum Gasteiger partial charge on any atom is 0.0541 e. The normalized spacial score (nSPS) is 10.9. The Kier molecular flexibility index (Phi) is 11.7. The summed E-state index contributed by atoms with van der Waals surface area (Å²) < 4.78 is 2.41. The van der Waals surface area contributed by atoms with Crippen LogP contribution in [0.1, 0.15) is 23.6 Å². The fourth-order valence-corrected chi connectivity index (χ4v) is 7.07. The van der Waals surface area contributed by atoms with Crippen LogP contribution < -0.4 is 5.32 Å². The number of nitrogens with one attached hydrogen (secondary N) is 1. The van der Waals surface area contributed by atoms with Gasteiger partial charge in [0.05, 0.1) is 16.7 Å². The van der Waals surface area contributed by atoms with Crippen molar-refractivity contribution in [3.05, 3.63) is 217 Å². The molecule has 0 unspecified atom stereocenters. The first-order valence-electron chi connectivity index (χ1n) is 19.1. The Bertz CT molecular complexity index is 2660. The summed E-state index contributed by atoms with van der Waals surface area (Å²) >= 11 is 0. The third-order valence-corrected chi connectivity index (χ3v) is 9.85. The monoisotopic (exact) mass is 712 g/mol. The summed E-state index contributed by atoms with van der Waals surface area (Å²) in [7, 11) is 0. The molecule has 270 valence electrons. The number of benzene rings is 8. The van der Waals surface area contributed by atoms with Crippen molar-refractivity contribution in [3.8, 4) is 27.9 Å². The van der Waals surface area contributed by atoms with Crippen LogP contribution >= 0.6 is 0 Å². The van der Waals surface area contributed by atoms with Gasteiger partial charge in [0.2, 0.25) is 0 Å². The fourth-order valence-electron chi connectivity index (χ4n) is 7.07. The van der Waals surface area contributed by atoms with Gasteiger partial charge in [-0.25, -0.2) is 0 Å². The lowest BCUT2D eigenvalue weighted by Crippen LogP contribution is -1.98. The molecular formula is C53H48N2. The van der Waals surface area contributed by atoms with Crippen molar-refractivity contribution in [2.45, 2.75) is 27.7 Å². The molecule has 0 fully saturated rings. The lowest BCUT2D eigenvalue weighted by atomic mass is 10.00. The van der Waals surface area contributed by atoms with Crippen molar-refractivity contribution in [3.63, 3.8) is 0 Å². The molecule has 9 aromatic rings. The minimum Gasteiger partial charge on any atom is -0.382 e. The van der Waals surface area contributed by atoms with E-state index in [2.05, 4.69) is 207 Å². The summed E-state index contributed by atoms with van der Waals surface area (Å²) in [6.45, 7) is 9.23. The zero-order valence-electron chi connectivity index (χ0n) is 32.2. The van der Waals surface area contributed by atoms with Gasteiger partial charge in [-0.2, -0.15) is 0 Å². The summed E-state index contributed by atoms with van der Waals surface area (Å²) in [6.07, 6.45) is 4.21. The van der Waals surface area contributed by atoms with Crippen molar-refractivity contribution in [2.24, 2.45) is 0 Å². The lowest BCUT2D eigenvalue weighted by Gasteiger charge is -2.12. The molecule has 8 aromatic carbocycles. The number of aromatic nitrogens is 1. The number of para-hydroxylation sites is 1. The summed E-state index contributed by atoms with van der Waals surface area (Å²) in [6, 6.07) is 66.8. The summed E-state index contributed by atoms with van der Waals surface area (Å²) in [5.74, 6) is 0. The molecule has 55 heavy (non-hydrogen) atoms. The third kappa shape index (κ3) is 8.78. The molecule has 0 saturated heterocycles. The summed E-state index contributed by atoms with van der Waals surface area (Å²) in [5, 5.41) is 8.58. The van der Waals surface area contributed by atoms with Gasteiger partial charge in [0, 0.05) is 28.4 Å². The molecule has 0 bridgehead atoms. The summed E-state index contributed by atoms with van der Waals surface area (Å²) in [5.41, 5.74) is 13.7. The topological polar surface area (TPSA) is 17.0 Å². The van der Waals surface area contributed by atoms with Crippen molar-refractivity contribution in [2.75, 3.05) is 11.9 Å². The average Bonchev–Trinajstić information content (AvgIpc) is 3.55. The zero-order valence-corrected chi connectivity index (χ0v) is 32.2. The zero-order chi connectivity index (χ0) is 38.0. The summed E-state index contributed by atoms with van der Waals surface area (Å²) in [4.78, 5) is 0. The molecule has 1 aromatic heterocycles. The van der Waals surface area contributed by atoms with Gasteiger partial charge in [0.15, 0.2) is 0 Å². The minimum absolute atomic E-state index is 0.830. The highest BCUT2D eigenvalue weighted by Crippen LogP contribution is 2.37. The largest absolute Gasteiger partial charge is 0.382 e. The number of rotatable bonds is 6. The van der Waals surface area contributed by atoms with Gasteiger partial charge < -0.3 is 9.88 Å². The first-order chi connectivity index (χ1) is 27.0. The van der Waals surface area contributed by atoms with Gasteiger partial charge in [-0.3, -0.25) is 0 Å². The van der Waals surface area contributed by atoms with E-state index >= 15 is 0 Å². The second-order valence-corrected chi connectivity index (χ2v) is 14.0. The van der Waals surface area contributed by atoms with Crippen LogP contribution in [0.25, 0.3) is 60.5 Å². The van der Waals surface area contributed by atoms with Crippen molar-refractivity contribution in [1.82, 2.24) is 4.57 Å². The number of aryl methyl sites for hydroxylation is 3. The minimum atomic E-state index is 0.830. The van der Waals surface area contributed by atoms with Crippen LogP contribution in [0.5, 0.6) is 0 Å². The molecule has 1 N–H and O–H groups in total. The first kappa shape index (κ1) is 36.7. The Morgan fingerprint density at radius 3 is 1.76 bits per heavy atom. The maximum atomic E-state index is 3.52. The standard InChI is InChI=1S/C33H28N2.C13H12.C7H8/c1-3-4-18-34-27-20-23(2)19-26(21-27)25-16-17-33-30(22-25)29-13-7-8-14-32(29)35(33)31-15-9-11-24-10-5-6-12-28(24)31;1-11-7-9-13(10-8-11)12-5-3-2-4-6-12;1-7-5-3-2-4-6-7/h3-17,19-22,34H,18H2,1-2H3;2-10H,1H3;2-6H,1H3/b4-3-;;. The SMILES string of the molecule is C/C=C\CNc1cc(C)cc(-c2ccc3c(c2)c2ccccc2n3-c2cccc3ccccc23)c1.Cc1ccc(-c2ccccc2)cc1.Cc1ccccc1. The quantitative estimate of drug-likeness (QED) is 0.170. The van der Waals surface area contributed by atoms with E-state index in [0.29, 0.717) is 0 Å². The second kappa shape index (κ2) is 17.5. The van der Waals surface area contributed by atoms with E-state index in [-0.39, 0.29) is 0 Å². The average molecular weight is 713 g/mol. The van der Waals surface area contributed by atoms with E-state index in [9.17, 15) is 0 Å². The van der Waals surface area contributed by atoms with Gasteiger partial charge in [-0.05, 0) is 97.3 Å². The van der Waals surface area contributed by atoms with Gasteiger partial charge >= 0.3 is 0 Å². The Morgan fingerprint density at radius 1 is 0.436 bits per heavy atom. The number of hydrogen-bond donors (Lipinski definition) is 1. The number of allylic oxidation sites excluding steroid dienone is 1. The van der Waals surface area contributed by atoms with Crippen LogP contribution in [0, 0.1) is 20.8 Å². The van der Waals surface area contributed by atoms with Crippen LogP contribution in [-0.4, -0.2) is 11.1 Å². The van der Waals surface area contributed by atoms with E-state index in [1.54, 1.807) is 0 Å². The van der Waals surface area contributed by atoms with Crippen LogP contribution in [-0.2, 0) is 0 Å². The van der Waals surface area contributed by atoms with Crippen LogP contribution in [0.2, 0.25) is 0 Å². The van der Waals surface area contributed by atoms with Crippen molar-refractivity contribution in [1.29, 1.82) is 0 Å². The highest BCUT2D eigenvalue weighted by molar-refractivity contribution is 6.11. The number of anilines is 1. The molecule has 0 amide bonds. The molecular weight excluding hydrogens is 665 g/mol.